The lowest BCUT2D eigenvalue weighted by Gasteiger charge is -2.37. The summed E-state index contributed by atoms with van der Waals surface area (Å²) >= 11 is 0. The van der Waals surface area contributed by atoms with Crippen LogP contribution in [0, 0.1) is 6.92 Å². The Hall–Kier alpha value is -1.22. The van der Waals surface area contributed by atoms with Crippen molar-refractivity contribution in [2.24, 2.45) is 0 Å². The molecular formula is C15H25N3. The zero-order chi connectivity index (χ0) is 13.2. The van der Waals surface area contributed by atoms with Crippen molar-refractivity contribution in [3.8, 4) is 0 Å². The molecule has 0 radical (unpaired) electrons. The first-order valence-electron chi connectivity index (χ1n) is 6.81. The number of benzene rings is 1. The number of likely N-dealkylation sites (N-methyl/N-ethyl adjacent to an activating group) is 1. The van der Waals surface area contributed by atoms with E-state index in [1.807, 2.05) is 6.07 Å². The Labute approximate surface area is 110 Å². The number of hydrogen-bond donors (Lipinski definition) is 2. The number of nitrogens with zero attached hydrogens (tertiary/aromatic N) is 1. The van der Waals surface area contributed by atoms with Crippen molar-refractivity contribution >= 4 is 11.4 Å². The monoisotopic (exact) mass is 247 g/mol. The smallest absolute Gasteiger partial charge is 0.0574 e. The Bertz CT molecular complexity index is 406. The summed E-state index contributed by atoms with van der Waals surface area (Å²) in [5.41, 5.74) is 9.47. The summed E-state index contributed by atoms with van der Waals surface area (Å²) in [5.74, 6) is 0. The van der Waals surface area contributed by atoms with Crippen LogP contribution in [0.15, 0.2) is 18.2 Å². The fraction of sp³-hybridized carbons (Fsp3) is 0.600. The largest absolute Gasteiger partial charge is 0.397 e. The van der Waals surface area contributed by atoms with Gasteiger partial charge in [-0.1, -0.05) is 18.9 Å². The number of nitrogen functional groups attached to an aromatic ring is 1. The maximum absolute atomic E-state index is 6.05. The molecule has 1 aromatic carbocycles. The minimum Gasteiger partial charge on any atom is -0.397 e. The fourth-order valence-corrected chi connectivity index (χ4v) is 2.92. The molecule has 0 amide bonds. The van der Waals surface area contributed by atoms with Gasteiger partial charge in [-0.05, 0) is 51.6 Å². The molecule has 1 aliphatic rings. The van der Waals surface area contributed by atoms with Gasteiger partial charge < -0.3 is 16.0 Å². The molecule has 3 N–H and O–H groups in total. The highest BCUT2D eigenvalue weighted by Crippen LogP contribution is 2.34. The fourth-order valence-electron chi connectivity index (χ4n) is 2.92. The van der Waals surface area contributed by atoms with Crippen molar-refractivity contribution in [2.45, 2.75) is 38.1 Å². The van der Waals surface area contributed by atoms with E-state index in [9.17, 15) is 0 Å². The third-order valence-corrected chi connectivity index (χ3v) is 4.30. The Morgan fingerprint density at radius 3 is 2.50 bits per heavy atom. The van der Waals surface area contributed by atoms with E-state index in [-0.39, 0.29) is 0 Å². The topological polar surface area (TPSA) is 41.3 Å². The highest BCUT2D eigenvalue weighted by molar-refractivity contribution is 5.67. The average molecular weight is 247 g/mol. The van der Waals surface area contributed by atoms with Gasteiger partial charge in [-0.3, -0.25) is 0 Å². The minimum absolute atomic E-state index is 0.303. The van der Waals surface area contributed by atoms with Gasteiger partial charge in [0.1, 0.15) is 0 Å². The number of hydrogen-bond acceptors (Lipinski definition) is 3. The summed E-state index contributed by atoms with van der Waals surface area (Å²) in [5, 5.41) is 3.54. The maximum Gasteiger partial charge on any atom is 0.0574 e. The zero-order valence-electron chi connectivity index (χ0n) is 11.8. The van der Waals surface area contributed by atoms with Gasteiger partial charge >= 0.3 is 0 Å². The normalized spacial score (nSPS) is 18.2. The van der Waals surface area contributed by atoms with Crippen LogP contribution < -0.4 is 11.1 Å². The van der Waals surface area contributed by atoms with Gasteiger partial charge in [0.25, 0.3) is 0 Å². The van der Waals surface area contributed by atoms with E-state index < -0.39 is 0 Å². The van der Waals surface area contributed by atoms with Crippen LogP contribution in [0.1, 0.15) is 31.2 Å². The van der Waals surface area contributed by atoms with Crippen molar-refractivity contribution in [1.29, 1.82) is 0 Å². The van der Waals surface area contributed by atoms with E-state index >= 15 is 0 Å². The number of anilines is 2. The second kappa shape index (κ2) is 5.19. The molecule has 0 saturated heterocycles. The van der Waals surface area contributed by atoms with Crippen LogP contribution in [0.5, 0.6) is 0 Å². The number of rotatable bonds is 4. The van der Waals surface area contributed by atoms with Gasteiger partial charge in [0.05, 0.1) is 11.4 Å². The summed E-state index contributed by atoms with van der Waals surface area (Å²) in [7, 11) is 4.37. The van der Waals surface area contributed by atoms with Crippen molar-refractivity contribution in [1.82, 2.24) is 4.90 Å². The van der Waals surface area contributed by atoms with E-state index in [0.29, 0.717) is 5.54 Å². The van der Waals surface area contributed by atoms with Gasteiger partial charge in [0.15, 0.2) is 0 Å². The molecule has 2 rings (SSSR count). The van der Waals surface area contributed by atoms with Crippen LogP contribution in [0.3, 0.4) is 0 Å². The molecular weight excluding hydrogens is 222 g/mol. The number of nitrogens with two attached hydrogens (primary N) is 1. The number of nitrogens with one attached hydrogen (secondary N) is 1. The van der Waals surface area contributed by atoms with Gasteiger partial charge in [-0.25, -0.2) is 0 Å². The molecule has 1 aliphatic carbocycles. The highest BCUT2D eigenvalue weighted by atomic mass is 15.2. The van der Waals surface area contributed by atoms with E-state index in [2.05, 4.69) is 43.4 Å². The van der Waals surface area contributed by atoms with Crippen LogP contribution in [0.2, 0.25) is 0 Å². The quantitative estimate of drug-likeness (QED) is 0.804. The maximum atomic E-state index is 6.05. The Kier molecular flexibility index (Phi) is 3.81. The lowest BCUT2D eigenvalue weighted by atomic mass is 9.96. The van der Waals surface area contributed by atoms with Crippen LogP contribution in [0.4, 0.5) is 11.4 Å². The summed E-state index contributed by atoms with van der Waals surface area (Å²) < 4.78 is 0. The van der Waals surface area contributed by atoms with Gasteiger partial charge in [0.2, 0.25) is 0 Å². The van der Waals surface area contributed by atoms with Crippen molar-refractivity contribution in [2.75, 3.05) is 31.7 Å². The molecule has 0 atom stereocenters. The molecule has 0 aliphatic heterocycles. The third kappa shape index (κ3) is 2.61. The van der Waals surface area contributed by atoms with Gasteiger partial charge in [-0.15, -0.1) is 0 Å². The Morgan fingerprint density at radius 2 is 1.94 bits per heavy atom. The molecule has 0 spiro atoms. The standard InChI is InChI=1S/C15H25N3/c1-12-6-7-14(13(16)10-12)17-11-15(18(2)3)8-4-5-9-15/h6-7,10,17H,4-5,8-9,11,16H2,1-3H3. The molecule has 3 nitrogen and oxygen atoms in total. The highest BCUT2D eigenvalue weighted by Gasteiger charge is 2.35. The molecule has 1 aromatic rings. The molecule has 18 heavy (non-hydrogen) atoms. The molecule has 100 valence electrons. The van der Waals surface area contributed by atoms with Crippen LogP contribution >= 0.6 is 0 Å². The predicted molar refractivity (Wildman–Crippen MR) is 79.0 cm³/mol. The second-order valence-electron chi connectivity index (χ2n) is 5.77. The molecule has 0 aromatic heterocycles. The van der Waals surface area contributed by atoms with Crippen LogP contribution in [0.25, 0.3) is 0 Å². The van der Waals surface area contributed by atoms with Crippen LogP contribution in [-0.2, 0) is 0 Å². The first-order valence-corrected chi connectivity index (χ1v) is 6.81. The van der Waals surface area contributed by atoms with E-state index in [4.69, 9.17) is 5.73 Å². The molecule has 1 saturated carbocycles. The average Bonchev–Trinajstić information content (AvgIpc) is 2.78. The van der Waals surface area contributed by atoms with E-state index in [0.717, 1.165) is 17.9 Å². The second-order valence-corrected chi connectivity index (χ2v) is 5.77. The molecule has 0 bridgehead atoms. The SMILES string of the molecule is Cc1ccc(NCC2(N(C)C)CCCC2)c(N)c1. The van der Waals surface area contributed by atoms with Crippen molar-refractivity contribution in [3.05, 3.63) is 23.8 Å². The molecule has 3 heteroatoms. The summed E-state index contributed by atoms with van der Waals surface area (Å²) in [6, 6.07) is 6.22. The molecule has 0 unspecified atom stereocenters. The van der Waals surface area contributed by atoms with Gasteiger partial charge in [0, 0.05) is 12.1 Å². The van der Waals surface area contributed by atoms with Crippen LogP contribution in [-0.4, -0.2) is 31.1 Å². The summed E-state index contributed by atoms with van der Waals surface area (Å²) in [4.78, 5) is 2.37. The first kappa shape index (κ1) is 13.2. The summed E-state index contributed by atoms with van der Waals surface area (Å²) in [6.45, 7) is 3.05. The lowest BCUT2D eigenvalue weighted by molar-refractivity contribution is 0.172. The third-order valence-electron chi connectivity index (χ3n) is 4.30. The van der Waals surface area contributed by atoms with Gasteiger partial charge in [-0.2, -0.15) is 0 Å². The number of aryl methyl sites for hydroxylation is 1. The molecule has 0 heterocycles. The molecule has 1 fully saturated rings. The van der Waals surface area contributed by atoms with E-state index in [1.54, 1.807) is 0 Å². The Morgan fingerprint density at radius 1 is 1.28 bits per heavy atom. The zero-order valence-corrected chi connectivity index (χ0v) is 11.8. The minimum atomic E-state index is 0.303. The predicted octanol–water partition coefficient (Wildman–Crippen LogP) is 2.86. The van der Waals surface area contributed by atoms with Crippen molar-refractivity contribution < 1.29 is 0 Å². The summed E-state index contributed by atoms with van der Waals surface area (Å²) in [6.07, 6.45) is 5.23. The van der Waals surface area contributed by atoms with Crippen molar-refractivity contribution in [3.63, 3.8) is 0 Å². The first-order chi connectivity index (χ1) is 8.53. The Balaban J connectivity index is 2.06. The lowest BCUT2D eigenvalue weighted by Crippen LogP contribution is -2.47. The van der Waals surface area contributed by atoms with E-state index in [1.165, 1.54) is 31.2 Å².